The van der Waals surface area contributed by atoms with Gasteiger partial charge in [-0.2, -0.15) is 0 Å². The molecule has 45 heavy (non-hydrogen) atoms. The Morgan fingerprint density at radius 1 is 0.911 bits per heavy atom. The molecule has 0 saturated carbocycles. The van der Waals surface area contributed by atoms with E-state index in [-0.39, 0.29) is 17.0 Å². The van der Waals surface area contributed by atoms with Gasteiger partial charge in [-0.1, -0.05) is 60.2 Å². The largest absolute Gasteiger partial charge is 0.497 e. The number of methoxy groups -OCH3 is 1. The fraction of sp³-hybridized carbons (Fsp3) is 0.194. The third-order valence-corrected chi connectivity index (χ3v) is 9.38. The number of Topliss-reactive ketones (excluding diaryl/α,β-unsaturated/α-hetero) is 2. The van der Waals surface area contributed by atoms with E-state index in [0.717, 1.165) is 22.4 Å². The Balaban J connectivity index is 1.55. The first-order chi connectivity index (χ1) is 21.7. The number of hydrogen-bond acceptors (Lipinski definition) is 7. The number of fused-ring (bicyclic) bond motifs is 6. The van der Waals surface area contributed by atoms with Crippen molar-refractivity contribution in [3.63, 3.8) is 0 Å². The molecule has 1 amide bonds. The Hall–Kier alpha value is -5.57. The summed E-state index contributed by atoms with van der Waals surface area (Å²) in [5.41, 5.74) is 3.34. The Bertz CT molecular complexity index is 1980. The number of nitrogens with zero attached hydrogens (tertiary/aromatic N) is 2. The molecule has 9 heteroatoms. The number of carbonyl (C=O) groups is 3. The fourth-order valence-corrected chi connectivity index (χ4v) is 7.45. The van der Waals surface area contributed by atoms with Crippen molar-refractivity contribution in [3.05, 3.63) is 135 Å². The summed E-state index contributed by atoms with van der Waals surface area (Å²) in [6.07, 6.45) is 1.98. The molecule has 4 aromatic rings. The summed E-state index contributed by atoms with van der Waals surface area (Å²) in [6.45, 7) is 3.95. The number of carbonyl (C=O) groups excluding carboxylic acids is 3. The molecule has 4 aromatic carbocycles. The van der Waals surface area contributed by atoms with E-state index in [0.29, 0.717) is 22.6 Å². The van der Waals surface area contributed by atoms with Crippen LogP contribution in [0.4, 0.5) is 17.1 Å². The number of aryl methyl sites for hydroxylation is 1. The summed E-state index contributed by atoms with van der Waals surface area (Å²) in [6, 6.07) is 23.5. The minimum Gasteiger partial charge on any atom is -0.497 e. The second-order valence-electron chi connectivity index (χ2n) is 11.8. The molecule has 224 valence electrons. The second-order valence-corrected chi connectivity index (χ2v) is 11.8. The first-order valence-electron chi connectivity index (χ1n) is 14.6. The van der Waals surface area contributed by atoms with Gasteiger partial charge in [0.25, 0.3) is 5.69 Å². The van der Waals surface area contributed by atoms with Crippen LogP contribution in [0.2, 0.25) is 0 Å². The lowest BCUT2D eigenvalue weighted by molar-refractivity contribution is -0.384. The highest BCUT2D eigenvalue weighted by Crippen LogP contribution is 2.59. The molecule has 9 nitrogen and oxygen atoms in total. The Kier molecular flexibility index (Phi) is 6.43. The van der Waals surface area contributed by atoms with Crippen molar-refractivity contribution in [3.8, 4) is 5.75 Å². The summed E-state index contributed by atoms with van der Waals surface area (Å²) in [4.78, 5) is 57.5. The third-order valence-electron chi connectivity index (χ3n) is 9.38. The molecule has 3 aliphatic heterocycles. The van der Waals surface area contributed by atoms with Crippen LogP contribution in [0.1, 0.15) is 44.3 Å². The van der Waals surface area contributed by atoms with Gasteiger partial charge in [0.1, 0.15) is 17.2 Å². The zero-order valence-corrected chi connectivity index (χ0v) is 24.8. The van der Waals surface area contributed by atoms with Gasteiger partial charge in [0.2, 0.25) is 5.91 Å². The lowest BCUT2D eigenvalue weighted by Gasteiger charge is -2.39. The fourth-order valence-electron chi connectivity index (χ4n) is 7.45. The van der Waals surface area contributed by atoms with E-state index in [1.54, 1.807) is 36.4 Å². The summed E-state index contributed by atoms with van der Waals surface area (Å²) >= 11 is 0. The average molecular weight is 600 g/mol. The topological polar surface area (TPSA) is 119 Å². The van der Waals surface area contributed by atoms with Crippen LogP contribution in [0.25, 0.3) is 5.57 Å². The quantitative estimate of drug-likeness (QED) is 0.160. The first kappa shape index (κ1) is 28.2. The monoisotopic (exact) mass is 599 g/mol. The number of nitrogens with one attached hydrogen (secondary N) is 1. The molecule has 0 aliphatic carbocycles. The Labute approximate surface area is 259 Å². The van der Waals surface area contributed by atoms with Gasteiger partial charge in [-0.05, 0) is 55.3 Å². The van der Waals surface area contributed by atoms with Crippen LogP contribution in [0.3, 0.4) is 0 Å². The van der Waals surface area contributed by atoms with Crippen molar-refractivity contribution in [2.24, 2.45) is 5.92 Å². The molecule has 0 radical (unpaired) electrons. The number of hydrogen-bond donors (Lipinski definition) is 1. The molecule has 0 bridgehead atoms. The van der Waals surface area contributed by atoms with E-state index >= 15 is 0 Å². The van der Waals surface area contributed by atoms with Crippen LogP contribution in [0.5, 0.6) is 5.75 Å². The number of para-hydroxylation sites is 1. The van der Waals surface area contributed by atoms with Crippen molar-refractivity contribution in [2.45, 2.75) is 31.3 Å². The second kappa shape index (κ2) is 10.3. The molecule has 4 atom stereocenters. The minimum absolute atomic E-state index is 0.0545. The highest BCUT2D eigenvalue weighted by Gasteiger charge is 2.70. The number of non-ortho nitro benzene ring substituents is 1. The lowest BCUT2D eigenvalue weighted by atomic mass is 9.64. The number of allylic oxidation sites excluding steroid dienone is 1. The van der Waals surface area contributed by atoms with Crippen molar-refractivity contribution in [2.75, 3.05) is 17.3 Å². The normalized spacial score (nSPS) is 22.6. The number of benzene rings is 4. The number of amides is 1. The van der Waals surface area contributed by atoms with Crippen LogP contribution < -0.4 is 15.0 Å². The number of ketones is 2. The predicted octanol–water partition coefficient (Wildman–Crippen LogP) is 6.16. The van der Waals surface area contributed by atoms with Gasteiger partial charge < -0.3 is 15.0 Å². The predicted molar refractivity (Wildman–Crippen MR) is 170 cm³/mol. The number of nitro groups is 1. The van der Waals surface area contributed by atoms with E-state index < -0.39 is 40.0 Å². The van der Waals surface area contributed by atoms with Crippen LogP contribution in [0, 0.1) is 23.0 Å². The van der Waals surface area contributed by atoms with E-state index in [4.69, 9.17) is 4.74 Å². The summed E-state index contributed by atoms with van der Waals surface area (Å²) in [5, 5.41) is 14.7. The van der Waals surface area contributed by atoms with E-state index in [9.17, 15) is 24.5 Å². The molecule has 1 spiro atoms. The Morgan fingerprint density at radius 2 is 1.64 bits per heavy atom. The van der Waals surface area contributed by atoms with E-state index in [1.165, 1.54) is 31.4 Å². The molecule has 0 aromatic heterocycles. The summed E-state index contributed by atoms with van der Waals surface area (Å²) in [5.74, 6) is -2.07. The van der Waals surface area contributed by atoms with Crippen molar-refractivity contribution in [1.82, 2.24) is 0 Å². The average Bonchev–Trinajstić information content (AvgIpc) is 3.52. The van der Waals surface area contributed by atoms with Crippen LogP contribution >= 0.6 is 0 Å². The van der Waals surface area contributed by atoms with Gasteiger partial charge in [-0.3, -0.25) is 24.5 Å². The van der Waals surface area contributed by atoms with Crippen molar-refractivity contribution >= 4 is 40.1 Å². The van der Waals surface area contributed by atoms with Crippen LogP contribution in [-0.4, -0.2) is 41.6 Å². The summed E-state index contributed by atoms with van der Waals surface area (Å²) in [7, 11) is 1.51. The summed E-state index contributed by atoms with van der Waals surface area (Å²) < 4.78 is 5.42. The van der Waals surface area contributed by atoms with Crippen LogP contribution in [0.15, 0.2) is 97.1 Å². The molecule has 4 unspecified atom stereocenters. The smallest absolute Gasteiger partial charge is 0.270 e. The van der Waals surface area contributed by atoms with Gasteiger partial charge in [-0.25, -0.2) is 0 Å². The number of anilines is 2. The Morgan fingerprint density at radius 3 is 2.40 bits per heavy atom. The molecule has 1 saturated heterocycles. The number of rotatable bonds is 6. The highest BCUT2D eigenvalue weighted by molar-refractivity contribution is 6.18. The maximum Gasteiger partial charge on any atom is 0.270 e. The molecule has 3 aliphatic rings. The molecular formula is C36H29N3O6. The zero-order valence-electron chi connectivity index (χ0n) is 24.8. The van der Waals surface area contributed by atoms with E-state index in [1.807, 2.05) is 55.2 Å². The van der Waals surface area contributed by atoms with Crippen molar-refractivity contribution < 1.29 is 24.0 Å². The highest BCUT2D eigenvalue weighted by atomic mass is 16.6. The van der Waals surface area contributed by atoms with Gasteiger partial charge >= 0.3 is 0 Å². The van der Waals surface area contributed by atoms with Gasteiger partial charge in [0, 0.05) is 40.2 Å². The van der Waals surface area contributed by atoms with E-state index in [2.05, 4.69) is 5.32 Å². The standard InChI is InChI=1S/C36H29N3O6/c1-20-14-15-29-26(16-20)21(2)17-30-36(27-12-4-5-13-28(27)37-35(36)42)31(33(40)22-8-6-10-24(18-22)39(43)44)32(38(29)30)34(41)23-9-7-11-25(19-23)45-3/h4-19,30-32H,1-3H3,(H,37,42). The third kappa shape index (κ3) is 4.03. The SMILES string of the molecule is COc1cccc(C(=O)C2C(C(=O)c3cccc([N+](=O)[O-])c3)C3(C(=O)Nc4ccccc43)C3C=C(C)c4cc(C)ccc4N23)c1. The van der Waals surface area contributed by atoms with Gasteiger partial charge in [0.05, 0.1) is 24.0 Å². The molecule has 7 rings (SSSR count). The van der Waals surface area contributed by atoms with Crippen molar-refractivity contribution in [1.29, 1.82) is 0 Å². The maximum atomic E-state index is 15.0. The maximum absolute atomic E-state index is 15.0. The number of ether oxygens (including phenoxy) is 1. The van der Waals surface area contributed by atoms with Crippen LogP contribution in [-0.2, 0) is 10.2 Å². The molecule has 3 heterocycles. The number of nitro benzene ring substituents is 1. The molecule has 1 fully saturated rings. The lowest BCUT2D eigenvalue weighted by Crippen LogP contribution is -2.51. The van der Waals surface area contributed by atoms with Gasteiger partial charge in [0.15, 0.2) is 11.6 Å². The first-order valence-corrected chi connectivity index (χ1v) is 14.6. The molecular weight excluding hydrogens is 570 g/mol. The minimum atomic E-state index is -1.53. The van der Waals surface area contributed by atoms with Gasteiger partial charge in [-0.15, -0.1) is 0 Å². The zero-order chi connectivity index (χ0) is 31.6. The molecule has 1 N–H and O–H groups in total.